The number of rotatable bonds is 7. The Labute approximate surface area is 148 Å². The molecule has 1 aromatic carbocycles. The number of carbonyl (C=O) groups is 2. The van der Waals surface area contributed by atoms with Gasteiger partial charge < -0.3 is 14.8 Å². The number of hydrogen-bond donors (Lipinski definition) is 2. The summed E-state index contributed by atoms with van der Waals surface area (Å²) < 4.78 is 10.4. The number of anilines is 1. The highest BCUT2D eigenvalue weighted by Gasteiger charge is 2.17. The molecule has 0 fully saturated rings. The van der Waals surface area contributed by atoms with Crippen LogP contribution in [0.5, 0.6) is 11.5 Å². The van der Waals surface area contributed by atoms with Crippen LogP contribution in [0.25, 0.3) is 0 Å². The smallest absolute Gasteiger partial charge is 0.251 e. The third-order valence-corrected chi connectivity index (χ3v) is 4.40. The number of amides is 2. The lowest BCUT2D eigenvalue weighted by Gasteiger charge is -2.05. The van der Waals surface area contributed by atoms with Gasteiger partial charge in [0.2, 0.25) is 17.8 Å². The van der Waals surface area contributed by atoms with Gasteiger partial charge in [0.05, 0.1) is 6.54 Å². The first-order chi connectivity index (χ1) is 12.2. The Morgan fingerprint density at radius 2 is 2.08 bits per heavy atom. The van der Waals surface area contributed by atoms with Gasteiger partial charge in [-0.25, -0.2) is 0 Å². The normalized spacial score (nSPS) is 12.0. The van der Waals surface area contributed by atoms with Crippen molar-refractivity contribution in [3.05, 3.63) is 28.8 Å². The van der Waals surface area contributed by atoms with E-state index in [9.17, 15) is 9.59 Å². The predicted molar refractivity (Wildman–Crippen MR) is 92.0 cm³/mol. The second-order valence-electron chi connectivity index (χ2n) is 5.40. The van der Waals surface area contributed by atoms with Gasteiger partial charge in [-0.05, 0) is 24.6 Å². The highest BCUT2D eigenvalue weighted by Crippen LogP contribution is 2.32. The molecule has 2 aromatic rings. The predicted octanol–water partition coefficient (Wildman–Crippen LogP) is 1.98. The van der Waals surface area contributed by atoms with Gasteiger partial charge in [0.25, 0.3) is 5.91 Å². The Kier molecular flexibility index (Phi) is 5.44. The van der Waals surface area contributed by atoms with Crippen LogP contribution in [-0.4, -0.2) is 35.3 Å². The van der Waals surface area contributed by atoms with Crippen molar-refractivity contribution in [2.75, 3.05) is 18.7 Å². The van der Waals surface area contributed by atoms with Crippen LogP contribution in [0.15, 0.2) is 18.2 Å². The van der Waals surface area contributed by atoms with Crippen LogP contribution in [0.4, 0.5) is 5.13 Å². The molecule has 2 amide bonds. The van der Waals surface area contributed by atoms with E-state index in [2.05, 4.69) is 27.8 Å². The highest BCUT2D eigenvalue weighted by atomic mass is 32.1. The molecule has 132 valence electrons. The number of nitrogens with one attached hydrogen (secondary N) is 2. The third kappa shape index (κ3) is 4.44. The quantitative estimate of drug-likeness (QED) is 0.781. The summed E-state index contributed by atoms with van der Waals surface area (Å²) in [6.45, 7) is 2.09. The van der Waals surface area contributed by atoms with E-state index in [0.29, 0.717) is 22.2 Å². The molecule has 0 aliphatic carbocycles. The summed E-state index contributed by atoms with van der Waals surface area (Å²) in [6, 6.07) is 4.86. The maximum absolute atomic E-state index is 12.1. The fraction of sp³-hybridized carbons (Fsp3) is 0.375. The zero-order valence-corrected chi connectivity index (χ0v) is 14.5. The number of fused-ring (bicyclic) bond motifs is 1. The maximum atomic E-state index is 12.1. The van der Waals surface area contributed by atoms with Crippen molar-refractivity contribution in [2.24, 2.45) is 0 Å². The van der Waals surface area contributed by atoms with Crippen LogP contribution in [-0.2, 0) is 11.2 Å². The van der Waals surface area contributed by atoms with Crippen molar-refractivity contribution in [1.29, 1.82) is 0 Å². The lowest BCUT2D eigenvalue weighted by molar-refractivity contribution is -0.115. The molecule has 2 N–H and O–H groups in total. The van der Waals surface area contributed by atoms with Crippen LogP contribution >= 0.6 is 11.3 Å². The Morgan fingerprint density at radius 3 is 2.92 bits per heavy atom. The molecule has 0 spiro atoms. The summed E-state index contributed by atoms with van der Waals surface area (Å²) in [4.78, 5) is 24.0. The van der Waals surface area contributed by atoms with Gasteiger partial charge in [-0.2, -0.15) is 0 Å². The molecule has 25 heavy (non-hydrogen) atoms. The molecule has 0 atom stereocenters. The van der Waals surface area contributed by atoms with Gasteiger partial charge in [0, 0.05) is 12.0 Å². The van der Waals surface area contributed by atoms with Crippen molar-refractivity contribution in [3.8, 4) is 11.5 Å². The minimum atomic E-state index is -0.366. The molecule has 9 heteroatoms. The fourth-order valence-electron chi connectivity index (χ4n) is 2.20. The van der Waals surface area contributed by atoms with Crippen molar-refractivity contribution in [3.63, 3.8) is 0 Å². The molecule has 2 heterocycles. The number of nitrogens with zero attached hydrogens (tertiary/aromatic N) is 2. The fourth-order valence-corrected chi connectivity index (χ4v) is 2.99. The molecular formula is C16H18N4O4S. The Morgan fingerprint density at radius 1 is 1.24 bits per heavy atom. The lowest BCUT2D eigenvalue weighted by atomic mass is 10.2. The van der Waals surface area contributed by atoms with Gasteiger partial charge in [-0.3, -0.25) is 14.9 Å². The first-order valence-electron chi connectivity index (χ1n) is 7.96. The molecular weight excluding hydrogens is 344 g/mol. The van der Waals surface area contributed by atoms with Gasteiger partial charge in [0.1, 0.15) is 5.01 Å². The summed E-state index contributed by atoms with van der Waals surface area (Å²) in [7, 11) is 0. The zero-order chi connectivity index (χ0) is 17.6. The molecule has 0 unspecified atom stereocenters. The molecule has 0 radical (unpaired) electrons. The number of ether oxygens (including phenoxy) is 2. The molecule has 0 saturated carbocycles. The molecule has 3 rings (SSSR count). The zero-order valence-electron chi connectivity index (χ0n) is 13.7. The minimum absolute atomic E-state index is 0.144. The summed E-state index contributed by atoms with van der Waals surface area (Å²) in [5.74, 6) is 0.400. The van der Waals surface area contributed by atoms with Crippen LogP contribution in [0, 0.1) is 0 Å². The largest absolute Gasteiger partial charge is 0.454 e. The van der Waals surface area contributed by atoms with Crippen molar-refractivity contribution in [1.82, 2.24) is 15.5 Å². The molecule has 1 aliphatic heterocycles. The number of carbonyl (C=O) groups excluding carboxylic acids is 2. The van der Waals surface area contributed by atoms with E-state index in [1.165, 1.54) is 11.3 Å². The maximum Gasteiger partial charge on any atom is 0.251 e. The minimum Gasteiger partial charge on any atom is -0.454 e. The van der Waals surface area contributed by atoms with E-state index in [-0.39, 0.29) is 25.2 Å². The van der Waals surface area contributed by atoms with Crippen LogP contribution in [0.2, 0.25) is 0 Å². The van der Waals surface area contributed by atoms with Crippen molar-refractivity contribution < 1.29 is 19.1 Å². The number of unbranched alkanes of at least 4 members (excludes halogenated alkanes) is 1. The summed E-state index contributed by atoms with van der Waals surface area (Å²) >= 11 is 1.35. The van der Waals surface area contributed by atoms with Gasteiger partial charge in [0.15, 0.2) is 11.5 Å². The molecule has 0 bridgehead atoms. The Hall–Kier alpha value is -2.68. The van der Waals surface area contributed by atoms with E-state index < -0.39 is 0 Å². The summed E-state index contributed by atoms with van der Waals surface area (Å²) in [5.41, 5.74) is 0.398. The number of hydrogen-bond acceptors (Lipinski definition) is 7. The SMILES string of the molecule is CCCCc1nnc(NC(=O)CNC(=O)c2ccc3c(c2)OCO3)s1. The summed E-state index contributed by atoms with van der Waals surface area (Å²) in [6.07, 6.45) is 2.96. The number of benzene rings is 1. The van der Waals surface area contributed by atoms with Crippen LogP contribution in [0.3, 0.4) is 0 Å². The van der Waals surface area contributed by atoms with E-state index in [0.717, 1.165) is 24.3 Å². The van der Waals surface area contributed by atoms with Gasteiger partial charge in [-0.15, -0.1) is 10.2 Å². The number of aryl methyl sites for hydroxylation is 1. The number of aromatic nitrogens is 2. The summed E-state index contributed by atoms with van der Waals surface area (Å²) in [5, 5.41) is 14.5. The van der Waals surface area contributed by atoms with Crippen LogP contribution < -0.4 is 20.1 Å². The standard InChI is InChI=1S/C16H18N4O4S/c1-2-3-4-14-19-20-16(25-14)18-13(21)8-17-15(22)10-5-6-11-12(7-10)24-9-23-11/h5-7H,2-4,8-9H2,1H3,(H,17,22)(H,18,20,21). The Bertz CT molecular complexity index is 777. The van der Waals surface area contributed by atoms with Crippen LogP contribution in [0.1, 0.15) is 35.1 Å². The van der Waals surface area contributed by atoms with Crippen molar-refractivity contribution >= 4 is 28.3 Å². The van der Waals surface area contributed by atoms with E-state index in [1.54, 1.807) is 18.2 Å². The average molecular weight is 362 g/mol. The van der Waals surface area contributed by atoms with E-state index >= 15 is 0 Å². The van der Waals surface area contributed by atoms with Crippen molar-refractivity contribution in [2.45, 2.75) is 26.2 Å². The van der Waals surface area contributed by atoms with E-state index in [4.69, 9.17) is 9.47 Å². The third-order valence-electron chi connectivity index (χ3n) is 3.50. The van der Waals surface area contributed by atoms with E-state index in [1.807, 2.05) is 0 Å². The van der Waals surface area contributed by atoms with Gasteiger partial charge in [-0.1, -0.05) is 24.7 Å². The Balaban J connectivity index is 1.48. The first-order valence-corrected chi connectivity index (χ1v) is 8.77. The lowest BCUT2D eigenvalue weighted by Crippen LogP contribution is -2.32. The molecule has 8 nitrogen and oxygen atoms in total. The van der Waals surface area contributed by atoms with Gasteiger partial charge >= 0.3 is 0 Å². The first kappa shape index (κ1) is 17.2. The second kappa shape index (κ2) is 7.93. The second-order valence-corrected chi connectivity index (χ2v) is 6.47. The molecule has 1 aromatic heterocycles. The molecule has 0 saturated heterocycles. The monoisotopic (exact) mass is 362 g/mol. The average Bonchev–Trinajstić information content (AvgIpc) is 3.26. The highest BCUT2D eigenvalue weighted by molar-refractivity contribution is 7.15. The topological polar surface area (TPSA) is 102 Å². The molecule has 1 aliphatic rings.